The molecule has 2 aromatic carbocycles. The van der Waals surface area contributed by atoms with Crippen molar-refractivity contribution < 1.29 is 9.59 Å². The Labute approximate surface area is 148 Å². The van der Waals surface area contributed by atoms with E-state index in [1.807, 2.05) is 12.1 Å². The van der Waals surface area contributed by atoms with Crippen molar-refractivity contribution in [3.63, 3.8) is 0 Å². The van der Waals surface area contributed by atoms with E-state index in [2.05, 4.69) is 43.5 Å². The van der Waals surface area contributed by atoms with E-state index >= 15 is 0 Å². The van der Waals surface area contributed by atoms with Crippen molar-refractivity contribution in [2.75, 3.05) is 18.0 Å². The van der Waals surface area contributed by atoms with E-state index in [1.165, 1.54) is 16.7 Å². The molecule has 1 aliphatic rings. The van der Waals surface area contributed by atoms with Gasteiger partial charge in [0, 0.05) is 30.9 Å². The van der Waals surface area contributed by atoms with Gasteiger partial charge in [0.25, 0.3) is 5.91 Å². The van der Waals surface area contributed by atoms with E-state index in [4.69, 9.17) is 0 Å². The molecule has 5 nitrogen and oxygen atoms in total. The number of nitrogens with one attached hydrogen (secondary N) is 2. The van der Waals surface area contributed by atoms with Crippen molar-refractivity contribution in [3.05, 3.63) is 64.2 Å². The number of amides is 3. The first kappa shape index (κ1) is 17.0. The minimum Gasteiger partial charge on any atom is -0.348 e. The molecule has 3 amide bonds. The molecule has 25 heavy (non-hydrogen) atoms. The highest BCUT2D eigenvalue weighted by atomic mass is 16.2. The van der Waals surface area contributed by atoms with Crippen molar-refractivity contribution in [1.29, 1.82) is 0 Å². The normalized spacial score (nSPS) is 13.7. The van der Waals surface area contributed by atoms with Gasteiger partial charge in [-0.25, -0.2) is 4.79 Å². The molecule has 2 N–H and O–H groups in total. The maximum atomic E-state index is 12.4. The number of nitrogens with zero attached hydrogens (tertiary/aromatic N) is 1. The van der Waals surface area contributed by atoms with Crippen LogP contribution in [0.5, 0.6) is 0 Å². The third kappa shape index (κ3) is 3.65. The fourth-order valence-corrected chi connectivity index (χ4v) is 3.27. The Hall–Kier alpha value is -2.82. The van der Waals surface area contributed by atoms with Gasteiger partial charge in [0.2, 0.25) is 0 Å². The summed E-state index contributed by atoms with van der Waals surface area (Å²) in [5.41, 5.74) is 6.15. The molecule has 3 rings (SSSR count). The van der Waals surface area contributed by atoms with Crippen LogP contribution in [0.15, 0.2) is 36.4 Å². The Kier molecular flexibility index (Phi) is 4.74. The lowest BCUT2D eigenvalue weighted by Gasteiger charge is -2.15. The van der Waals surface area contributed by atoms with Gasteiger partial charge >= 0.3 is 6.03 Å². The number of hydrogen-bond acceptors (Lipinski definition) is 2. The smallest absolute Gasteiger partial charge is 0.321 e. The van der Waals surface area contributed by atoms with Crippen LogP contribution in [0, 0.1) is 20.8 Å². The highest BCUT2D eigenvalue weighted by Gasteiger charge is 2.21. The SMILES string of the molecule is Cc1cc(C)c(CNC(=O)c2ccc(N3CCNC3=O)cc2)c(C)c1. The summed E-state index contributed by atoms with van der Waals surface area (Å²) in [6, 6.07) is 11.3. The number of aryl methyl sites for hydroxylation is 3. The van der Waals surface area contributed by atoms with Crippen LogP contribution < -0.4 is 15.5 Å². The van der Waals surface area contributed by atoms with Crippen molar-refractivity contribution >= 4 is 17.6 Å². The summed E-state index contributed by atoms with van der Waals surface area (Å²) >= 11 is 0. The summed E-state index contributed by atoms with van der Waals surface area (Å²) in [4.78, 5) is 25.7. The van der Waals surface area contributed by atoms with Crippen molar-refractivity contribution in [1.82, 2.24) is 10.6 Å². The molecule has 1 saturated heterocycles. The Morgan fingerprint density at radius 3 is 2.32 bits per heavy atom. The molecule has 0 aliphatic carbocycles. The predicted octanol–water partition coefficient (Wildman–Crippen LogP) is 3.07. The van der Waals surface area contributed by atoms with Crippen molar-refractivity contribution in [2.24, 2.45) is 0 Å². The second kappa shape index (κ2) is 6.97. The summed E-state index contributed by atoms with van der Waals surface area (Å²) in [5, 5.41) is 5.75. The van der Waals surface area contributed by atoms with E-state index in [0.717, 1.165) is 11.3 Å². The molecule has 130 valence electrons. The number of rotatable bonds is 4. The van der Waals surface area contributed by atoms with Gasteiger partial charge in [-0.05, 0) is 61.7 Å². The number of carbonyl (C=O) groups excluding carboxylic acids is 2. The quantitative estimate of drug-likeness (QED) is 0.901. The molecular weight excluding hydrogens is 314 g/mol. The van der Waals surface area contributed by atoms with Crippen LogP contribution in [0.4, 0.5) is 10.5 Å². The number of carbonyl (C=O) groups is 2. The molecule has 0 atom stereocenters. The average Bonchev–Trinajstić information content (AvgIpc) is 3.00. The molecule has 5 heteroatoms. The van der Waals surface area contributed by atoms with Gasteiger partial charge in [-0.3, -0.25) is 9.69 Å². The zero-order chi connectivity index (χ0) is 18.0. The van der Waals surface area contributed by atoms with Crippen LogP contribution in [0.1, 0.15) is 32.6 Å². The van der Waals surface area contributed by atoms with Crippen molar-refractivity contribution in [3.8, 4) is 0 Å². The van der Waals surface area contributed by atoms with Gasteiger partial charge in [0.05, 0.1) is 0 Å². The van der Waals surface area contributed by atoms with Crippen molar-refractivity contribution in [2.45, 2.75) is 27.3 Å². The first-order chi connectivity index (χ1) is 12.0. The lowest BCUT2D eigenvalue weighted by Crippen LogP contribution is -2.28. The highest BCUT2D eigenvalue weighted by molar-refractivity contribution is 5.97. The fraction of sp³-hybridized carbons (Fsp3) is 0.300. The molecular formula is C20H23N3O2. The van der Waals surface area contributed by atoms with Gasteiger partial charge in [0.15, 0.2) is 0 Å². The number of benzene rings is 2. The zero-order valence-electron chi connectivity index (χ0n) is 14.8. The number of hydrogen-bond donors (Lipinski definition) is 2. The van der Waals surface area contributed by atoms with E-state index in [9.17, 15) is 9.59 Å². The molecule has 0 radical (unpaired) electrons. The van der Waals surface area contributed by atoms with Gasteiger partial charge < -0.3 is 10.6 Å². The van der Waals surface area contributed by atoms with E-state index in [0.29, 0.717) is 25.2 Å². The molecule has 0 spiro atoms. The molecule has 2 aromatic rings. The van der Waals surface area contributed by atoms with Crippen LogP contribution in [0.25, 0.3) is 0 Å². The Balaban J connectivity index is 1.67. The van der Waals surface area contributed by atoms with Gasteiger partial charge in [-0.15, -0.1) is 0 Å². The third-order valence-corrected chi connectivity index (χ3v) is 4.56. The van der Waals surface area contributed by atoms with E-state index in [-0.39, 0.29) is 11.9 Å². The van der Waals surface area contributed by atoms with Crippen LogP contribution in [0.2, 0.25) is 0 Å². The number of anilines is 1. The molecule has 0 bridgehead atoms. The summed E-state index contributed by atoms with van der Waals surface area (Å²) in [6.45, 7) is 8.01. The first-order valence-corrected chi connectivity index (χ1v) is 8.46. The zero-order valence-corrected chi connectivity index (χ0v) is 14.8. The maximum absolute atomic E-state index is 12.4. The largest absolute Gasteiger partial charge is 0.348 e. The van der Waals surface area contributed by atoms with Crippen LogP contribution >= 0.6 is 0 Å². The second-order valence-corrected chi connectivity index (χ2v) is 6.49. The van der Waals surface area contributed by atoms with Crippen LogP contribution in [-0.2, 0) is 6.54 Å². The maximum Gasteiger partial charge on any atom is 0.321 e. The Morgan fingerprint density at radius 1 is 1.12 bits per heavy atom. The van der Waals surface area contributed by atoms with Crippen LogP contribution in [0.3, 0.4) is 0 Å². The van der Waals surface area contributed by atoms with Crippen LogP contribution in [-0.4, -0.2) is 25.0 Å². The van der Waals surface area contributed by atoms with Gasteiger partial charge in [-0.2, -0.15) is 0 Å². The average molecular weight is 337 g/mol. The second-order valence-electron chi connectivity index (χ2n) is 6.49. The monoisotopic (exact) mass is 337 g/mol. The molecule has 0 saturated carbocycles. The predicted molar refractivity (Wildman–Crippen MR) is 99.0 cm³/mol. The molecule has 0 unspecified atom stereocenters. The first-order valence-electron chi connectivity index (χ1n) is 8.46. The molecule has 1 fully saturated rings. The minimum absolute atomic E-state index is 0.0949. The van der Waals surface area contributed by atoms with E-state index < -0.39 is 0 Å². The summed E-state index contributed by atoms with van der Waals surface area (Å²) < 4.78 is 0. The Morgan fingerprint density at radius 2 is 1.76 bits per heavy atom. The summed E-state index contributed by atoms with van der Waals surface area (Å²) in [7, 11) is 0. The Bertz CT molecular complexity index is 789. The molecule has 0 aromatic heterocycles. The molecule has 1 heterocycles. The topological polar surface area (TPSA) is 61.4 Å². The minimum atomic E-state index is -0.114. The number of urea groups is 1. The lowest BCUT2D eigenvalue weighted by molar-refractivity contribution is 0.0951. The highest BCUT2D eigenvalue weighted by Crippen LogP contribution is 2.18. The lowest BCUT2D eigenvalue weighted by atomic mass is 10.00. The van der Waals surface area contributed by atoms with Gasteiger partial charge in [0.1, 0.15) is 0 Å². The fourth-order valence-electron chi connectivity index (χ4n) is 3.27. The third-order valence-electron chi connectivity index (χ3n) is 4.56. The molecule has 1 aliphatic heterocycles. The summed E-state index contributed by atoms with van der Waals surface area (Å²) in [6.07, 6.45) is 0. The van der Waals surface area contributed by atoms with Gasteiger partial charge in [-0.1, -0.05) is 17.7 Å². The van der Waals surface area contributed by atoms with E-state index in [1.54, 1.807) is 17.0 Å². The standard InChI is InChI=1S/C20H23N3O2/c1-13-10-14(2)18(15(3)11-13)12-22-19(24)16-4-6-17(7-5-16)23-9-8-21-20(23)25/h4-7,10-11H,8-9,12H2,1-3H3,(H,21,25)(H,22,24). The summed E-state index contributed by atoms with van der Waals surface area (Å²) in [5.74, 6) is -0.114.